The molecular weight excluding hydrogens is 387 g/mol. The average Bonchev–Trinajstić information content (AvgIpc) is 2.66. The van der Waals surface area contributed by atoms with Gasteiger partial charge in [-0.25, -0.2) is 4.39 Å². The number of amides is 2. The van der Waals surface area contributed by atoms with Gasteiger partial charge < -0.3 is 10.2 Å². The molecule has 0 aromatic heterocycles. The van der Waals surface area contributed by atoms with Crippen molar-refractivity contribution in [2.24, 2.45) is 0 Å². The van der Waals surface area contributed by atoms with E-state index in [1.165, 1.54) is 22.7 Å². The Kier molecular flexibility index (Phi) is 8.26. The van der Waals surface area contributed by atoms with Gasteiger partial charge >= 0.3 is 0 Å². The third-order valence-corrected chi connectivity index (χ3v) is 5.29. The maximum atomic E-state index is 14.2. The molecular formula is C23H29FN2O2S. The average molecular weight is 417 g/mol. The number of hydrogen-bond donors (Lipinski definition) is 1. The molecule has 0 fully saturated rings. The lowest BCUT2D eigenvalue weighted by molar-refractivity contribution is -0.139. The summed E-state index contributed by atoms with van der Waals surface area (Å²) in [6.07, 6.45) is 0. The van der Waals surface area contributed by atoms with Crippen LogP contribution in [0.1, 0.15) is 38.8 Å². The SMILES string of the molecule is C[C@H](C(=O)NC(C)(C)C)N(Cc1ccccc1F)C(=O)CSCc1ccccc1. The zero-order valence-corrected chi connectivity index (χ0v) is 18.3. The smallest absolute Gasteiger partial charge is 0.242 e. The Balaban J connectivity index is 2.11. The Morgan fingerprint density at radius 1 is 1.07 bits per heavy atom. The van der Waals surface area contributed by atoms with Crippen molar-refractivity contribution < 1.29 is 14.0 Å². The summed E-state index contributed by atoms with van der Waals surface area (Å²) in [5.74, 6) is 0.0887. The lowest BCUT2D eigenvalue weighted by Crippen LogP contribution is -2.52. The Hall–Kier alpha value is -2.34. The summed E-state index contributed by atoms with van der Waals surface area (Å²) in [6.45, 7) is 7.39. The lowest BCUT2D eigenvalue weighted by atomic mass is 10.1. The zero-order valence-electron chi connectivity index (χ0n) is 17.4. The van der Waals surface area contributed by atoms with Gasteiger partial charge in [-0.05, 0) is 39.3 Å². The summed E-state index contributed by atoms with van der Waals surface area (Å²) >= 11 is 1.48. The van der Waals surface area contributed by atoms with Crippen LogP contribution < -0.4 is 5.32 Å². The third-order valence-electron chi connectivity index (χ3n) is 4.30. The van der Waals surface area contributed by atoms with Crippen LogP contribution in [0.15, 0.2) is 54.6 Å². The Labute approximate surface area is 176 Å². The molecule has 0 aliphatic carbocycles. The van der Waals surface area contributed by atoms with E-state index in [2.05, 4.69) is 5.32 Å². The van der Waals surface area contributed by atoms with Gasteiger partial charge in [0, 0.05) is 23.4 Å². The highest BCUT2D eigenvalue weighted by atomic mass is 32.2. The van der Waals surface area contributed by atoms with E-state index in [0.29, 0.717) is 11.3 Å². The molecule has 29 heavy (non-hydrogen) atoms. The maximum absolute atomic E-state index is 14.2. The van der Waals surface area contributed by atoms with Crippen LogP contribution in [0.25, 0.3) is 0 Å². The van der Waals surface area contributed by atoms with E-state index in [1.807, 2.05) is 51.1 Å². The van der Waals surface area contributed by atoms with Crippen molar-refractivity contribution in [1.29, 1.82) is 0 Å². The van der Waals surface area contributed by atoms with Crippen LogP contribution in [-0.4, -0.2) is 34.0 Å². The van der Waals surface area contributed by atoms with Gasteiger partial charge in [-0.15, -0.1) is 11.8 Å². The molecule has 0 unspecified atom stereocenters. The number of nitrogens with one attached hydrogen (secondary N) is 1. The maximum Gasteiger partial charge on any atom is 0.242 e. The number of rotatable bonds is 8. The highest BCUT2D eigenvalue weighted by Crippen LogP contribution is 2.17. The van der Waals surface area contributed by atoms with E-state index in [0.717, 1.165) is 5.56 Å². The van der Waals surface area contributed by atoms with Crippen LogP contribution in [0, 0.1) is 5.82 Å². The predicted octanol–water partition coefficient (Wildman–Crippen LogP) is 4.39. The number of nitrogens with zero attached hydrogens (tertiary/aromatic N) is 1. The van der Waals surface area contributed by atoms with Crippen LogP contribution in [0.5, 0.6) is 0 Å². The summed E-state index contributed by atoms with van der Waals surface area (Å²) in [4.78, 5) is 27.1. The van der Waals surface area contributed by atoms with Crippen molar-refractivity contribution in [2.75, 3.05) is 5.75 Å². The first-order valence-electron chi connectivity index (χ1n) is 9.64. The molecule has 4 nitrogen and oxygen atoms in total. The second-order valence-corrected chi connectivity index (χ2v) is 8.99. The molecule has 1 N–H and O–H groups in total. The molecule has 2 amide bonds. The molecule has 2 aromatic rings. The summed E-state index contributed by atoms with van der Waals surface area (Å²) in [5.41, 5.74) is 1.11. The van der Waals surface area contributed by atoms with Gasteiger partial charge in [0.15, 0.2) is 0 Å². The minimum absolute atomic E-state index is 0.0517. The predicted molar refractivity (Wildman–Crippen MR) is 117 cm³/mol. The van der Waals surface area contributed by atoms with E-state index in [1.54, 1.807) is 25.1 Å². The van der Waals surface area contributed by atoms with Gasteiger partial charge in [0.05, 0.1) is 5.75 Å². The van der Waals surface area contributed by atoms with Gasteiger partial charge in [-0.2, -0.15) is 0 Å². The molecule has 0 bridgehead atoms. The van der Waals surface area contributed by atoms with Crippen LogP contribution >= 0.6 is 11.8 Å². The third kappa shape index (κ3) is 7.54. The Morgan fingerprint density at radius 3 is 2.31 bits per heavy atom. The summed E-state index contributed by atoms with van der Waals surface area (Å²) in [6, 6.07) is 15.5. The van der Waals surface area contributed by atoms with Gasteiger partial charge in [0.25, 0.3) is 0 Å². The second-order valence-electron chi connectivity index (χ2n) is 8.01. The van der Waals surface area contributed by atoms with E-state index in [-0.39, 0.29) is 29.9 Å². The molecule has 0 radical (unpaired) electrons. The molecule has 0 saturated carbocycles. The largest absolute Gasteiger partial charge is 0.350 e. The Bertz CT molecular complexity index is 821. The van der Waals surface area contributed by atoms with Crippen molar-refractivity contribution in [3.05, 3.63) is 71.5 Å². The fourth-order valence-corrected chi connectivity index (χ4v) is 3.65. The van der Waals surface area contributed by atoms with E-state index < -0.39 is 11.6 Å². The lowest BCUT2D eigenvalue weighted by Gasteiger charge is -2.31. The monoisotopic (exact) mass is 416 g/mol. The number of carbonyl (C=O) groups excluding carboxylic acids is 2. The van der Waals surface area contributed by atoms with Crippen LogP contribution in [0.3, 0.4) is 0 Å². The van der Waals surface area contributed by atoms with Crippen LogP contribution in [-0.2, 0) is 21.9 Å². The quantitative estimate of drug-likeness (QED) is 0.694. The minimum Gasteiger partial charge on any atom is -0.350 e. The number of benzene rings is 2. The number of halogens is 1. The van der Waals surface area contributed by atoms with Gasteiger partial charge in [-0.3, -0.25) is 9.59 Å². The van der Waals surface area contributed by atoms with Gasteiger partial charge in [0.1, 0.15) is 11.9 Å². The number of hydrogen-bond acceptors (Lipinski definition) is 3. The summed E-state index contributed by atoms with van der Waals surface area (Å²) in [7, 11) is 0. The van der Waals surface area contributed by atoms with Crippen molar-refractivity contribution >= 4 is 23.6 Å². The van der Waals surface area contributed by atoms with Crippen LogP contribution in [0.2, 0.25) is 0 Å². The first-order chi connectivity index (χ1) is 13.7. The molecule has 0 saturated heterocycles. The van der Waals surface area contributed by atoms with Gasteiger partial charge in [0.2, 0.25) is 11.8 Å². The molecule has 0 heterocycles. The van der Waals surface area contributed by atoms with Crippen molar-refractivity contribution in [3.63, 3.8) is 0 Å². The topological polar surface area (TPSA) is 49.4 Å². The summed E-state index contributed by atoms with van der Waals surface area (Å²) in [5, 5.41) is 2.90. The number of carbonyl (C=O) groups is 2. The minimum atomic E-state index is -0.710. The van der Waals surface area contributed by atoms with Crippen LogP contribution in [0.4, 0.5) is 4.39 Å². The second kappa shape index (κ2) is 10.4. The van der Waals surface area contributed by atoms with E-state index in [4.69, 9.17) is 0 Å². The van der Waals surface area contributed by atoms with Gasteiger partial charge in [-0.1, -0.05) is 48.5 Å². The standard InChI is InChI=1S/C23H29FN2O2S/c1-17(22(28)25-23(2,3)4)26(14-19-12-8-9-13-20(19)24)21(27)16-29-15-18-10-6-5-7-11-18/h5-13,17H,14-16H2,1-4H3,(H,25,28)/t17-/m1/s1. The summed E-state index contributed by atoms with van der Waals surface area (Å²) < 4.78 is 14.2. The first kappa shape index (κ1) is 22.9. The fraction of sp³-hybridized carbons (Fsp3) is 0.391. The first-order valence-corrected chi connectivity index (χ1v) is 10.8. The van der Waals surface area contributed by atoms with Crippen molar-refractivity contribution in [2.45, 2.75) is 51.6 Å². The molecule has 0 aliphatic heterocycles. The molecule has 0 spiro atoms. The zero-order chi connectivity index (χ0) is 21.4. The highest BCUT2D eigenvalue weighted by molar-refractivity contribution is 7.99. The molecule has 0 aliphatic rings. The highest BCUT2D eigenvalue weighted by Gasteiger charge is 2.28. The van der Waals surface area contributed by atoms with Crippen molar-refractivity contribution in [1.82, 2.24) is 10.2 Å². The normalized spacial score (nSPS) is 12.3. The fourth-order valence-electron chi connectivity index (χ4n) is 2.78. The molecule has 2 rings (SSSR count). The molecule has 1 atom stereocenters. The molecule has 2 aromatic carbocycles. The Morgan fingerprint density at radius 2 is 1.69 bits per heavy atom. The number of thioether (sulfide) groups is 1. The molecule has 156 valence electrons. The molecule has 6 heteroatoms. The van der Waals surface area contributed by atoms with E-state index in [9.17, 15) is 14.0 Å². The van der Waals surface area contributed by atoms with Crippen molar-refractivity contribution in [3.8, 4) is 0 Å². The van der Waals surface area contributed by atoms with E-state index >= 15 is 0 Å².